The predicted molar refractivity (Wildman–Crippen MR) is 134 cm³/mol. The van der Waals surface area contributed by atoms with Gasteiger partial charge in [-0.1, -0.05) is 37.3 Å². The van der Waals surface area contributed by atoms with Crippen LogP contribution < -0.4 is 10.5 Å². The van der Waals surface area contributed by atoms with Gasteiger partial charge in [0.15, 0.2) is 0 Å². The van der Waals surface area contributed by atoms with Crippen molar-refractivity contribution < 1.29 is 15.0 Å². The van der Waals surface area contributed by atoms with Gasteiger partial charge in [0, 0.05) is 31.0 Å². The standard InChI is InChI=1S/C26H28N6O4/c1-2-19-15-26(9-12-30(19)25(35)36)10-13-31-23(34)14-21(20-8-11-27-17-28-20)29-24(31)32(26)16-22(33)18-6-4-3-5-7-18/h3-8,10-11,13-14,17,19,22,33H,2,9,12,15-16H2,1H3,(H,35,36)/t19?,22-,26?/m1/s1. The molecule has 2 aromatic heterocycles. The molecule has 5 rings (SSSR count). The highest BCUT2D eigenvalue weighted by atomic mass is 16.4. The van der Waals surface area contributed by atoms with E-state index in [1.807, 2.05) is 48.2 Å². The van der Waals surface area contributed by atoms with Gasteiger partial charge >= 0.3 is 6.09 Å². The predicted octanol–water partition coefficient (Wildman–Crippen LogP) is 3.02. The summed E-state index contributed by atoms with van der Waals surface area (Å²) in [7, 11) is 0. The fourth-order valence-electron chi connectivity index (χ4n) is 5.23. The molecule has 1 spiro atoms. The molecule has 0 aliphatic carbocycles. The molecule has 2 aliphatic rings. The van der Waals surface area contributed by atoms with E-state index in [2.05, 4.69) is 9.97 Å². The summed E-state index contributed by atoms with van der Waals surface area (Å²) in [6, 6.07) is 12.3. The Morgan fingerprint density at radius 2 is 2.03 bits per heavy atom. The molecule has 3 aromatic rings. The lowest BCUT2D eigenvalue weighted by Crippen LogP contribution is -2.61. The van der Waals surface area contributed by atoms with E-state index in [-0.39, 0.29) is 18.1 Å². The maximum atomic E-state index is 13.1. The van der Waals surface area contributed by atoms with Crippen LogP contribution in [0.2, 0.25) is 0 Å². The van der Waals surface area contributed by atoms with Crippen LogP contribution in [0.4, 0.5) is 10.7 Å². The summed E-state index contributed by atoms with van der Waals surface area (Å²) in [5, 5.41) is 21.0. The molecule has 1 fully saturated rings. The third kappa shape index (κ3) is 4.24. The van der Waals surface area contributed by atoms with E-state index in [1.165, 1.54) is 21.9 Å². The Kier molecular flexibility index (Phi) is 6.27. The Labute approximate surface area is 208 Å². The quantitative estimate of drug-likeness (QED) is 0.562. The molecule has 4 heterocycles. The number of fused-ring (bicyclic) bond motifs is 1. The van der Waals surface area contributed by atoms with Crippen molar-refractivity contribution in [2.75, 3.05) is 18.0 Å². The molecular formula is C26H28N6O4. The van der Waals surface area contributed by atoms with Gasteiger partial charge < -0.3 is 20.0 Å². The second kappa shape index (κ2) is 9.54. The number of nitrogens with zero attached hydrogens (tertiary/aromatic N) is 6. The molecule has 0 saturated carbocycles. The number of hydrogen-bond donors (Lipinski definition) is 2. The van der Waals surface area contributed by atoms with Crippen molar-refractivity contribution >= 4 is 18.2 Å². The molecule has 36 heavy (non-hydrogen) atoms. The number of likely N-dealkylation sites (tertiary alicyclic amines) is 1. The fraction of sp³-hybridized carbons (Fsp3) is 0.346. The van der Waals surface area contributed by atoms with Crippen molar-refractivity contribution in [3.8, 4) is 11.4 Å². The first kappa shape index (κ1) is 23.7. The van der Waals surface area contributed by atoms with Gasteiger partial charge in [0.25, 0.3) is 5.56 Å². The van der Waals surface area contributed by atoms with Crippen LogP contribution in [0.25, 0.3) is 17.6 Å². The first-order chi connectivity index (χ1) is 17.4. The minimum Gasteiger partial charge on any atom is -0.465 e. The molecule has 186 valence electrons. The largest absolute Gasteiger partial charge is 0.465 e. The molecule has 2 unspecified atom stereocenters. The van der Waals surface area contributed by atoms with Gasteiger partial charge in [-0.2, -0.15) is 0 Å². The van der Waals surface area contributed by atoms with Crippen LogP contribution in [0.5, 0.6) is 0 Å². The average Bonchev–Trinajstić information content (AvgIpc) is 2.91. The topological polar surface area (TPSA) is 125 Å². The number of β-amino-alcohol motifs (C(OH)–C–C–N with tert-alkyl or cyclic N) is 1. The van der Waals surface area contributed by atoms with Crippen LogP contribution in [0.1, 0.15) is 37.9 Å². The van der Waals surface area contributed by atoms with E-state index >= 15 is 0 Å². The van der Waals surface area contributed by atoms with E-state index in [9.17, 15) is 19.8 Å². The van der Waals surface area contributed by atoms with Crippen LogP contribution >= 0.6 is 0 Å². The number of aliphatic hydroxyl groups excluding tert-OH is 1. The Morgan fingerprint density at radius 1 is 1.22 bits per heavy atom. The van der Waals surface area contributed by atoms with E-state index < -0.39 is 17.7 Å². The molecule has 0 bridgehead atoms. The van der Waals surface area contributed by atoms with Gasteiger partial charge in [0.2, 0.25) is 5.95 Å². The molecule has 3 atom stereocenters. The summed E-state index contributed by atoms with van der Waals surface area (Å²) in [5.74, 6) is 0.396. The second-order valence-electron chi connectivity index (χ2n) is 9.19. The van der Waals surface area contributed by atoms with E-state index in [1.54, 1.807) is 18.5 Å². The molecule has 1 aromatic carbocycles. The Balaban J connectivity index is 1.62. The molecule has 2 aliphatic heterocycles. The summed E-state index contributed by atoms with van der Waals surface area (Å²) < 4.78 is 1.47. The highest BCUT2D eigenvalue weighted by molar-refractivity contribution is 5.66. The van der Waals surface area contributed by atoms with Crippen molar-refractivity contribution in [3.63, 3.8) is 0 Å². The van der Waals surface area contributed by atoms with Gasteiger partial charge in [-0.05, 0) is 37.0 Å². The lowest BCUT2D eigenvalue weighted by Gasteiger charge is -2.52. The third-order valence-corrected chi connectivity index (χ3v) is 7.16. The number of amides is 1. The summed E-state index contributed by atoms with van der Waals surface area (Å²) >= 11 is 0. The Morgan fingerprint density at radius 3 is 2.72 bits per heavy atom. The maximum absolute atomic E-state index is 13.1. The van der Waals surface area contributed by atoms with Crippen molar-refractivity contribution in [1.29, 1.82) is 0 Å². The van der Waals surface area contributed by atoms with Gasteiger partial charge in [-0.25, -0.2) is 19.7 Å². The van der Waals surface area contributed by atoms with Gasteiger partial charge in [-0.15, -0.1) is 0 Å². The molecule has 10 nitrogen and oxygen atoms in total. The van der Waals surface area contributed by atoms with Crippen LogP contribution in [0.3, 0.4) is 0 Å². The molecule has 0 radical (unpaired) electrons. The first-order valence-corrected chi connectivity index (χ1v) is 12.0. The minimum atomic E-state index is -0.937. The molecule has 10 heteroatoms. The molecular weight excluding hydrogens is 460 g/mol. The zero-order valence-corrected chi connectivity index (χ0v) is 19.9. The van der Waals surface area contributed by atoms with E-state index in [0.29, 0.717) is 43.1 Å². The molecule has 1 amide bonds. The highest BCUT2D eigenvalue weighted by Gasteiger charge is 2.46. The zero-order chi connectivity index (χ0) is 25.3. The number of aliphatic hydroxyl groups is 1. The van der Waals surface area contributed by atoms with Crippen molar-refractivity contribution in [3.05, 3.63) is 77.0 Å². The Hall–Kier alpha value is -4.05. The SMILES string of the molecule is CCC1CC2(C=Cn3c(nc(-c4ccncn4)cc3=O)N2C[C@@H](O)c2ccccc2)CCN1C(=O)O. The van der Waals surface area contributed by atoms with Crippen LogP contribution in [0, 0.1) is 0 Å². The molecule has 1 saturated heterocycles. The first-order valence-electron chi connectivity index (χ1n) is 12.0. The number of hydrogen-bond acceptors (Lipinski definition) is 7. The monoisotopic (exact) mass is 488 g/mol. The average molecular weight is 489 g/mol. The second-order valence-corrected chi connectivity index (χ2v) is 9.19. The number of benzene rings is 1. The van der Waals surface area contributed by atoms with E-state index in [0.717, 1.165) is 5.56 Å². The fourth-order valence-corrected chi connectivity index (χ4v) is 5.23. The summed E-state index contributed by atoms with van der Waals surface area (Å²) in [4.78, 5) is 41.5. The number of anilines is 1. The minimum absolute atomic E-state index is 0.178. The number of carbonyl (C=O) groups is 1. The normalized spacial score (nSPS) is 21.9. The Bertz CT molecular complexity index is 1330. The van der Waals surface area contributed by atoms with Gasteiger partial charge in [0.05, 0.1) is 29.6 Å². The van der Waals surface area contributed by atoms with Crippen molar-refractivity contribution in [2.45, 2.75) is 43.9 Å². The third-order valence-electron chi connectivity index (χ3n) is 7.16. The van der Waals surface area contributed by atoms with E-state index in [4.69, 9.17) is 4.98 Å². The number of piperidine rings is 1. The van der Waals surface area contributed by atoms with Crippen molar-refractivity contribution in [2.24, 2.45) is 0 Å². The number of aromatic nitrogens is 4. The number of carboxylic acid groups (broad SMARTS) is 1. The number of rotatable bonds is 5. The van der Waals surface area contributed by atoms with Gasteiger partial charge in [0.1, 0.15) is 6.33 Å². The zero-order valence-electron chi connectivity index (χ0n) is 19.9. The summed E-state index contributed by atoms with van der Waals surface area (Å²) in [6.45, 7) is 2.49. The smallest absolute Gasteiger partial charge is 0.407 e. The summed E-state index contributed by atoms with van der Waals surface area (Å²) in [5.41, 5.74) is 0.789. The van der Waals surface area contributed by atoms with Crippen LogP contribution in [-0.2, 0) is 0 Å². The lowest BCUT2D eigenvalue weighted by molar-refractivity contribution is 0.0820. The van der Waals surface area contributed by atoms with Crippen molar-refractivity contribution in [1.82, 2.24) is 24.4 Å². The molecule has 2 N–H and O–H groups in total. The van der Waals surface area contributed by atoms with Gasteiger partial charge in [-0.3, -0.25) is 9.36 Å². The van der Waals surface area contributed by atoms with Crippen LogP contribution in [-0.4, -0.2) is 65.4 Å². The summed E-state index contributed by atoms with van der Waals surface area (Å²) in [6.07, 6.45) is 6.57. The van der Waals surface area contributed by atoms with Crippen LogP contribution in [0.15, 0.2) is 65.9 Å². The maximum Gasteiger partial charge on any atom is 0.407 e. The highest BCUT2D eigenvalue weighted by Crippen LogP contribution is 2.41. The lowest BCUT2D eigenvalue weighted by atomic mass is 9.79.